The summed E-state index contributed by atoms with van der Waals surface area (Å²) in [5, 5.41) is 10.5. The van der Waals surface area contributed by atoms with E-state index in [1.165, 1.54) is 0 Å². The van der Waals surface area contributed by atoms with Crippen LogP contribution in [0.25, 0.3) is 0 Å². The lowest BCUT2D eigenvalue weighted by Crippen LogP contribution is -2.30. The van der Waals surface area contributed by atoms with Gasteiger partial charge in [0.05, 0.1) is 9.82 Å². The Bertz CT molecular complexity index is 622. The lowest BCUT2D eigenvalue weighted by molar-refractivity contribution is -0.384. The molecule has 0 aliphatic heterocycles. The number of rotatable bonds is 4. The van der Waals surface area contributed by atoms with Crippen LogP contribution < -0.4 is 0 Å². The molecule has 1 aliphatic carbocycles. The molecule has 1 aromatic carbocycles. The van der Waals surface area contributed by atoms with Gasteiger partial charge in [-0.25, -0.2) is 0 Å². The summed E-state index contributed by atoms with van der Waals surface area (Å²) in [4.78, 5) is 21.3. The molecule has 0 bridgehead atoms. The van der Waals surface area contributed by atoms with Crippen LogP contribution in [0.4, 0.5) is 5.69 Å². The van der Waals surface area contributed by atoms with E-state index in [9.17, 15) is 23.3 Å². The van der Waals surface area contributed by atoms with E-state index in [4.69, 9.17) is 4.18 Å². The Labute approximate surface area is 115 Å². The van der Waals surface area contributed by atoms with Gasteiger partial charge in [-0.15, -0.1) is 0 Å². The normalized spacial score (nSPS) is 19.8. The minimum atomic E-state index is -4.08. The van der Waals surface area contributed by atoms with Crippen molar-refractivity contribution < 1.29 is 22.3 Å². The second-order valence-electron chi connectivity index (χ2n) is 4.50. The first-order chi connectivity index (χ1) is 9.40. The molecule has 1 atom stereocenters. The Balaban J connectivity index is 2.17. The molecular formula is C12H13NO6S. The summed E-state index contributed by atoms with van der Waals surface area (Å²) in [7, 11) is -4.08. The highest BCUT2D eigenvalue weighted by molar-refractivity contribution is 7.86. The van der Waals surface area contributed by atoms with Crippen LogP contribution in [-0.4, -0.2) is 25.2 Å². The highest BCUT2D eigenvalue weighted by Crippen LogP contribution is 2.23. The van der Waals surface area contributed by atoms with E-state index >= 15 is 0 Å². The zero-order valence-corrected chi connectivity index (χ0v) is 11.3. The third kappa shape index (κ3) is 3.20. The molecule has 1 fully saturated rings. The summed E-state index contributed by atoms with van der Waals surface area (Å²) in [5.74, 6) is -0.221. The van der Waals surface area contributed by atoms with Crippen molar-refractivity contribution in [2.75, 3.05) is 0 Å². The summed E-state index contributed by atoms with van der Waals surface area (Å²) in [6, 6.07) is 4.36. The van der Waals surface area contributed by atoms with Crippen LogP contribution in [0.3, 0.4) is 0 Å². The molecule has 7 nitrogen and oxygen atoms in total. The number of non-ortho nitro benzene ring substituents is 1. The number of carbonyl (C=O) groups excluding carboxylic acids is 1. The van der Waals surface area contributed by atoms with E-state index in [1.54, 1.807) is 0 Å². The molecule has 108 valence electrons. The maximum absolute atomic E-state index is 12.0. The minimum Gasteiger partial charge on any atom is -0.297 e. The van der Waals surface area contributed by atoms with Crippen molar-refractivity contribution in [1.82, 2.24) is 0 Å². The van der Waals surface area contributed by atoms with E-state index in [2.05, 4.69) is 0 Å². The number of carbonyl (C=O) groups is 1. The Morgan fingerprint density at radius 1 is 1.20 bits per heavy atom. The smallest absolute Gasteiger partial charge is 0.297 e. The molecule has 1 unspecified atom stereocenters. The summed E-state index contributed by atoms with van der Waals surface area (Å²) in [5.41, 5.74) is -0.210. The number of benzene rings is 1. The maximum atomic E-state index is 12.0. The van der Waals surface area contributed by atoms with Crippen molar-refractivity contribution in [2.24, 2.45) is 0 Å². The Hall–Kier alpha value is -1.80. The average Bonchev–Trinajstić information content (AvgIpc) is 2.41. The zero-order valence-electron chi connectivity index (χ0n) is 10.5. The molecule has 0 spiro atoms. The fourth-order valence-corrected chi connectivity index (χ4v) is 3.09. The van der Waals surface area contributed by atoms with Crippen LogP contribution in [0.2, 0.25) is 0 Å². The van der Waals surface area contributed by atoms with Crippen molar-refractivity contribution in [3.63, 3.8) is 0 Å². The largest absolute Gasteiger partial charge is 0.297 e. The number of nitro benzene ring substituents is 1. The maximum Gasteiger partial charge on any atom is 0.297 e. The fraction of sp³-hybridized carbons (Fsp3) is 0.417. The van der Waals surface area contributed by atoms with Gasteiger partial charge < -0.3 is 0 Å². The van der Waals surface area contributed by atoms with Gasteiger partial charge in [-0.3, -0.25) is 19.1 Å². The molecule has 0 amide bonds. The second kappa shape index (κ2) is 5.68. The molecule has 1 aromatic rings. The van der Waals surface area contributed by atoms with E-state index in [-0.39, 0.29) is 16.4 Å². The van der Waals surface area contributed by atoms with Crippen molar-refractivity contribution in [2.45, 2.75) is 36.7 Å². The van der Waals surface area contributed by atoms with Gasteiger partial charge in [0.2, 0.25) is 0 Å². The van der Waals surface area contributed by atoms with Gasteiger partial charge in [0.25, 0.3) is 15.8 Å². The van der Waals surface area contributed by atoms with Crippen LogP contribution in [0.15, 0.2) is 29.2 Å². The van der Waals surface area contributed by atoms with Crippen molar-refractivity contribution in [3.05, 3.63) is 34.4 Å². The molecular weight excluding hydrogens is 286 g/mol. The molecule has 2 rings (SSSR count). The van der Waals surface area contributed by atoms with Crippen molar-refractivity contribution in [3.8, 4) is 0 Å². The number of Topliss-reactive ketones (excluding diaryl/α,β-unsaturated/α-hetero) is 1. The van der Waals surface area contributed by atoms with Crippen molar-refractivity contribution in [1.29, 1.82) is 0 Å². The van der Waals surface area contributed by atoms with Gasteiger partial charge in [-0.1, -0.05) is 0 Å². The van der Waals surface area contributed by atoms with Gasteiger partial charge in [0.15, 0.2) is 5.78 Å². The molecule has 8 heteroatoms. The number of nitro groups is 1. The standard InChI is InChI=1S/C12H13NO6S/c14-11-3-1-2-4-12(11)19-20(17,18)10-7-5-9(6-8-10)13(15)16/h5-8,12H,1-4H2. The van der Waals surface area contributed by atoms with Gasteiger partial charge in [0.1, 0.15) is 6.10 Å². The lowest BCUT2D eigenvalue weighted by Gasteiger charge is -2.20. The van der Waals surface area contributed by atoms with E-state index in [0.29, 0.717) is 12.8 Å². The SMILES string of the molecule is O=C1CCCCC1OS(=O)(=O)c1ccc([N+](=O)[O-])cc1. The summed E-state index contributed by atoms with van der Waals surface area (Å²) < 4.78 is 28.9. The van der Waals surface area contributed by atoms with Crippen LogP contribution in [-0.2, 0) is 19.1 Å². The first kappa shape index (κ1) is 14.6. The molecule has 0 N–H and O–H groups in total. The summed E-state index contributed by atoms with van der Waals surface area (Å²) >= 11 is 0. The summed E-state index contributed by atoms with van der Waals surface area (Å²) in [6.45, 7) is 0. The Kier molecular flexibility index (Phi) is 4.15. The molecule has 20 heavy (non-hydrogen) atoms. The van der Waals surface area contributed by atoms with Gasteiger partial charge in [-0.2, -0.15) is 8.42 Å². The molecule has 0 radical (unpaired) electrons. The number of hydrogen-bond acceptors (Lipinski definition) is 6. The van der Waals surface area contributed by atoms with Crippen LogP contribution in [0, 0.1) is 10.1 Å². The van der Waals surface area contributed by atoms with Crippen molar-refractivity contribution >= 4 is 21.6 Å². The van der Waals surface area contributed by atoms with E-state index in [1.807, 2.05) is 0 Å². The van der Waals surface area contributed by atoms with E-state index < -0.39 is 21.1 Å². The van der Waals surface area contributed by atoms with Crippen LogP contribution >= 0.6 is 0 Å². The van der Waals surface area contributed by atoms with Gasteiger partial charge >= 0.3 is 0 Å². The third-order valence-electron chi connectivity index (χ3n) is 3.08. The van der Waals surface area contributed by atoms with Gasteiger partial charge in [-0.05, 0) is 31.4 Å². The van der Waals surface area contributed by atoms with E-state index in [0.717, 1.165) is 37.1 Å². The molecule has 0 saturated heterocycles. The third-order valence-corrected chi connectivity index (χ3v) is 4.41. The predicted molar refractivity (Wildman–Crippen MR) is 68.6 cm³/mol. The monoisotopic (exact) mass is 299 g/mol. The molecule has 0 aromatic heterocycles. The highest BCUT2D eigenvalue weighted by Gasteiger charge is 2.29. The minimum absolute atomic E-state index is 0.193. The number of ketones is 1. The average molecular weight is 299 g/mol. The fourth-order valence-electron chi connectivity index (χ4n) is 2.00. The Morgan fingerprint density at radius 2 is 1.85 bits per heavy atom. The van der Waals surface area contributed by atoms with Crippen LogP contribution in [0.5, 0.6) is 0 Å². The Morgan fingerprint density at radius 3 is 2.40 bits per heavy atom. The summed E-state index contributed by atoms with van der Waals surface area (Å²) in [6.07, 6.45) is 1.25. The van der Waals surface area contributed by atoms with Gasteiger partial charge in [0, 0.05) is 18.6 Å². The molecule has 0 heterocycles. The first-order valence-corrected chi connectivity index (χ1v) is 7.51. The second-order valence-corrected chi connectivity index (χ2v) is 6.07. The first-order valence-electron chi connectivity index (χ1n) is 6.10. The lowest BCUT2D eigenvalue weighted by atomic mass is 9.97. The van der Waals surface area contributed by atoms with Crippen LogP contribution in [0.1, 0.15) is 25.7 Å². The zero-order chi connectivity index (χ0) is 14.8. The predicted octanol–water partition coefficient (Wildman–Crippen LogP) is 1.81. The number of hydrogen-bond donors (Lipinski definition) is 0. The molecule has 1 aliphatic rings. The highest BCUT2D eigenvalue weighted by atomic mass is 32.2. The number of nitrogens with zero attached hydrogens (tertiary/aromatic N) is 1. The molecule has 1 saturated carbocycles. The topological polar surface area (TPSA) is 104 Å². The quantitative estimate of drug-likeness (QED) is 0.477.